The highest BCUT2D eigenvalue weighted by molar-refractivity contribution is 5.91. The van der Waals surface area contributed by atoms with Crippen molar-refractivity contribution in [3.8, 4) is 0 Å². The van der Waals surface area contributed by atoms with E-state index in [0.717, 1.165) is 12.0 Å². The van der Waals surface area contributed by atoms with Gasteiger partial charge < -0.3 is 9.64 Å². The number of hydrogen-bond donors (Lipinski definition) is 0. The van der Waals surface area contributed by atoms with E-state index in [-0.39, 0.29) is 18.3 Å². The van der Waals surface area contributed by atoms with Crippen LogP contribution in [-0.4, -0.2) is 37.5 Å². The number of carbonyl (C=O) groups excluding carboxylic acids is 2. The van der Waals surface area contributed by atoms with Crippen molar-refractivity contribution in [1.82, 2.24) is 4.90 Å². The summed E-state index contributed by atoms with van der Waals surface area (Å²) in [4.78, 5) is 24.3. The SMILES string of the molecule is CCc1ccc(C=CC(=O)N(C)CCC(=O)OC)cc1. The van der Waals surface area contributed by atoms with Gasteiger partial charge in [-0.15, -0.1) is 0 Å². The van der Waals surface area contributed by atoms with Crippen LogP contribution in [0.15, 0.2) is 30.3 Å². The lowest BCUT2D eigenvalue weighted by Gasteiger charge is -2.13. The molecule has 0 fully saturated rings. The molecule has 0 aromatic heterocycles. The van der Waals surface area contributed by atoms with E-state index in [1.165, 1.54) is 23.6 Å². The second kappa shape index (κ2) is 8.15. The number of hydrogen-bond acceptors (Lipinski definition) is 3. The average molecular weight is 275 g/mol. The molecular formula is C16H21NO3. The van der Waals surface area contributed by atoms with Crippen LogP contribution in [0.25, 0.3) is 6.08 Å². The summed E-state index contributed by atoms with van der Waals surface area (Å²) in [5.41, 5.74) is 2.25. The van der Waals surface area contributed by atoms with E-state index >= 15 is 0 Å². The van der Waals surface area contributed by atoms with Crippen molar-refractivity contribution in [1.29, 1.82) is 0 Å². The molecule has 0 aliphatic carbocycles. The molecule has 108 valence electrons. The fraction of sp³-hybridized carbons (Fsp3) is 0.375. The molecule has 1 amide bonds. The van der Waals surface area contributed by atoms with Crippen LogP contribution in [0, 0.1) is 0 Å². The highest BCUT2D eigenvalue weighted by Gasteiger charge is 2.07. The van der Waals surface area contributed by atoms with E-state index in [2.05, 4.69) is 11.7 Å². The summed E-state index contributed by atoms with van der Waals surface area (Å²) < 4.78 is 4.54. The molecule has 0 spiro atoms. The third kappa shape index (κ3) is 5.26. The van der Waals surface area contributed by atoms with Crippen molar-refractivity contribution < 1.29 is 14.3 Å². The first-order valence-corrected chi connectivity index (χ1v) is 6.65. The molecule has 0 N–H and O–H groups in total. The Balaban J connectivity index is 2.51. The highest BCUT2D eigenvalue weighted by atomic mass is 16.5. The first-order valence-electron chi connectivity index (χ1n) is 6.65. The summed E-state index contributed by atoms with van der Waals surface area (Å²) in [5.74, 6) is -0.447. The molecule has 0 atom stereocenters. The van der Waals surface area contributed by atoms with Crippen LogP contribution >= 0.6 is 0 Å². The molecule has 0 aliphatic rings. The lowest BCUT2D eigenvalue weighted by Crippen LogP contribution is -2.27. The number of esters is 1. The summed E-state index contributed by atoms with van der Waals surface area (Å²) in [6.45, 7) is 2.45. The number of carbonyl (C=O) groups is 2. The monoisotopic (exact) mass is 275 g/mol. The Bertz CT molecular complexity index is 477. The largest absolute Gasteiger partial charge is 0.469 e. The first-order chi connectivity index (χ1) is 9.56. The summed E-state index contributed by atoms with van der Waals surface area (Å²) in [7, 11) is 3.00. The van der Waals surface area contributed by atoms with Crippen LogP contribution in [0.2, 0.25) is 0 Å². The zero-order chi connectivity index (χ0) is 15.0. The Hall–Kier alpha value is -2.10. The number of likely N-dealkylation sites (N-methyl/N-ethyl adjacent to an activating group) is 1. The normalized spacial score (nSPS) is 10.6. The number of methoxy groups -OCH3 is 1. The van der Waals surface area contributed by atoms with Crippen molar-refractivity contribution in [2.75, 3.05) is 20.7 Å². The minimum atomic E-state index is -0.316. The van der Waals surface area contributed by atoms with E-state index in [0.29, 0.717) is 6.54 Å². The zero-order valence-electron chi connectivity index (χ0n) is 12.3. The third-order valence-corrected chi connectivity index (χ3v) is 3.06. The number of rotatable bonds is 6. The van der Waals surface area contributed by atoms with Gasteiger partial charge in [-0.2, -0.15) is 0 Å². The lowest BCUT2D eigenvalue weighted by molar-refractivity contribution is -0.141. The number of benzene rings is 1. The van der Waals surface area contributed by atoms with Gasteiger partial charge in [0.25, 0.3) is 0 Å². The zero-order valence-corrected chi connectivity index (χ0v) is 12.3. The molecule has 4 heteroatoms. The molecule has 0 saturated carbocycles. The Morgan fingerprint density at radius 3 is 2.45 bits per heavy atom. The van der Waals surface area contributed by atoms with Crippen molar-refractivity contribution in [2.24, 2.45) is 0 Å². The summed E-state index contributed by atoms with van der Waals surface area (Å²) in [6.07, 6.45) is 4.49. The minimum absolute atomic E-state index is 0.131. The second-order valence-electron chi connectivity index (χ2n) is 4.51. The number of nitrogens with zero attached hydrogens (tertiary/aromatic N) is 1. The van der Waals surface area contributed by atoms with Crippen molar-refractivity contribution >= 4 is 18.0 Å². The fourth-order valence-corrected chi connectivity index (χ4v) is 1.63. The molecule has 0 unspecified atom stereocenters. The molecule has 0 heterocycles. The second-order valence-corrected chi connectivity index (χ2v) is 4.51. The predicted octanol–water partition coefficient (Wildman–Crippen LogP) is 2.28. The number of amides is 1. The topological polar surface area (TPSA) is 46.6 Å². The minimum Gasteiger partial charge on any atom is -0.469 e. The molecule has 1 aromatic carbocycles. The van der Waals surface area contributed by atoms with Gasteiger partial charge in [0, 0.05) is 19.7 Å². The molecule has 0 saturated heterocycles. The Morgan fingerprint density at radius 2 is 1.90 bits per heavy atom. The van der Waals surface area contributed by atoms with E-state index in [1.54, 1.807) is 13.1 Å². The van der Waals surface area contributed by atoms with Gasteiger partial charge in [0.2, 0.25) is 5.91 Å². The lowest BCUT2D eigenvalue weighted by atomic mass is 10.1. The van der Waals surface area contributed by atoms with Crippen molar-refractivity contribution in [3.05, 3.63) is 41.5 Å². The number of ether oxygens (including phenoxy) is 1. The van der Waals surface area contributed by atoms with Crippen molar-refractivity contribution in [2.45, 2.75) is 19.8 Å². The van der Waals surface area contributed by atoms with E-state index in [1.807, 2.05) is 24.3 Å². The van der Waals surface area contributed by atoms with E-state index < -0.39 is 0 Å². The first kappa shape index (κ1) is 16.0. The van der Waals surface area contributed by atoms with Crippen molar-refractivity contribution in [3.63, 3.8) is 0 Å². The Labute approximate surface area is 120 Å². The highest BCUT2D eigenvalue weighted by Crippen LogP contribution is 2.07. The van der Waals surface area contributed by atoms with Gasteiger partial charge in [-0.1, -0.05) is 31.2 Å². The Morgan fingerprint density at radius 1 is 1.25 bits per heavy atom. The van der Waals surface area contributed by atoms with Gasteiger partial charge >= 0.3 is 5.97 Å². The van der Waals surface area contributed by atoms with Crippen LogP contribution < -0.4 is 0 Å². The van der Waals surface area contributed by atoms with Gasteiger partial charge in [-0.3, -0.25) is 9.59 Å². The maximum absolute atomic E-state index is 11.8. The molecule has 0 aliphatic heterocycles. The molecule has 1 rings (SSSR count). The van der Waals surface area contributed by atoms with Crippen LogP contribution in [0.3, 0.4) is 0 Å². The predicted molar refractivity (Wildman–Crippen MR) is 79.1 cm³/mol. The van der Waals surface area contributed by atoms with Crippen LogP contribution in [-0.2, 0) is 20.7 Å². The Kier molecular flexibility index (Phi) is 6.50. The van der Waals surface area contributed by atoms with Gasteiger partial charge in [0.15, 0.2) is 0 Å². The molecule has 0 bridgehead atoms. The van der Waals surface area contributed by atoms with Crippen LogP contribution in [0.5, 0.6) is 0 Å². The van der Waals surface area contributed by atoms with Gasteiger partial charge in [-0.05, 0) is 23.6 Å². The molecule has 0 radical (unpaired) electrons. The fourth-order valence-electron chi connectivity index (χ4n) is 1.63. The summed E-state index contributed by atoms with van der Waals surface area (Å²) >= 11 is 0. The summed E-state index contributed by atoms with van der Waals surface area (Å²) in [5, 5.41) is 0. The number of aryl methyl sites for hydroxylation is 1. The molecular weight excluding hydrogens is 254 g/mol. The van der Waals surface area contributed by atoms with Crippen LogP contribution in [0.1, 0.15) is 24.5 Å². The quantitative estimate of drug-likeness (QED) is 0.591. The maximum Gasteiger partial charge on any atom is 0.307 e. The van der Waals surface area contributed by atoms with Gasteiger partial charge in [0.05, 0.1) is 13.5 Å². The smallest absolute Gasteiger partial charge is 0.307 e. The average Bonchev–Trinajstić information content (AvgIpc) is 2.50. The maximum atomic E-state index is 11.8. The summed E-state index contributed by atoms with van der Waals surface area (Å²) in [6, 6.07) is 8.06. The van der Waals surface area contributed by atoms with Gasteiger partial charge in [0.1, 0.15) is 0 Å². The molecule has 1 aromatic rings. The van der Waals surface area contributed by atoms with Crippen LogP contribution in [0.4, 0.5) is 0 Å². The van der Waals surface area contributed by atoms with Gasteiger partial charge in [-0.25, -0.2) is 0 Å². The molecule has 20 heavy (non-hydrogen) atoms. The van der Waals surface area contributed by atoms with E-state index in [4.69, 9.17) is 0 Å². The standard InChI is InChI=1S/C16H21NO3/c1-4-13-5-7-14(8-6-13)9-10-15(18)17(2)12-11-16(19)20-3/h5-10H,4,11-12H2,1-3H3. The third-order valence-electron chi connectivity index (χ3n) is 3.06. The molecule has 4 nitrogen and oxygen atoms in total. The van der Waals surface area contributed by atoms with E-state index in [9.17, 15) is 9.59 Å².